The molecule has 0 spiro atoms. The second-order valence-electron chi connectivity index (χ2n) is 7.54. The zero-order chi connectivity index (χ0) is 14.3. The van der Waals surface area contributed by atoms with E-state index < -0.39 is 0 Å². The van der Waals surface area contributed by atoms with Crippen molar-refractivity contribution in [3.63, 3.8) is 0 Å². The Balaban J connectivity index is 1.28. The Bertz CT molecular complexity index is 474. The molecule has 0 N–H and O–H groups in total. The van der Waals surface area contributed by atoms with E-state index in [1.807, 2.05) is 0 Å². The Morgan fingerprint density at radius 3 is 2.57 bits per heavy atom. The normalized spacial score (nSPS) is 34.0. The lowest BCUT2D eigenvalue weighted by Gasteiger charge is -2.38. The summed E-state index contributed by atoms with van der Waals surface area (Å²) in [5.41, 5.74) is 2.21. The van der Waals surface area contributed by atoms with Gasteiger partial charge in [0.2, 0.25) is 0 Å². The van der Waals surface area contributed by atoms with Crippen LogP contribution in [0.25, 0.3) is 0 Å². The SMILES string of the molecule is CCC12CC1CN(C1CCN(Cc3ccccc3)CC1)C2. The second-order valence-corrected chi connectivity index (χ2v) is 7.54. The highest BCUT2D eigenvalue weighted by molar-refractivity contribution is 5.15. The van der Waals surface area contributed by atoms with E-state index >= 15 is 0 Å². The van der Waals surface area contributed by atoms with E-state index in [9.17, 15) is 0 Å². The molecule has 2 heteroatoms. The molecule has 0 amide bonds. The van der Waals surface area contributed by atoms with Gasteiger partial charge in [-0.15, -0.1) is 0 Å². The summed E-state index contributed by atoms with van der Waals surface area (Å²) in [6.45, 7) is 8.88. The molecular formula is C19H28N2. The van der Waals surface area contributed by atoms with Gasteiger partial charge in [-0.2, -0.15) is 0 Å². The first-order chi connectivity index (χ1) is 10.3. The van der Waals surface area contributed by atoms with Crippen LogP contribution in [0, 0.1) is 11.3 Å². The Labute approximate surface area is 129 Å². The van der Waals surface area contributed by atoms with Crippen LogP contribution in [0.1, 0.15) is 38.2 Å². The lowest BCUT2D eigenvalue weighted by Crippen LogP contribution is -2.44. The summed E-state index contributed by atoms with van der Waals surface area (Å²) in [4.78, 5) is 5.47. The Morgan fingerprint density at radius 1 is 1.14 bits per heavy atom. The molecule has 0 aromatic heterocycles. The molecule has 21 heavy (non-hydrogen) atoms. The van der Waals surface area contributed by atoms with E-state index in [0.717, 1.165) is 23.9 Å². The van der Waals surface area contributed by atoms with E-state index in [1.54, 1.807) is 0 Å². The van der Waals surface area contributed by atoms with E-state index in [4.69, 9.17) is 0 Å². The van der Waals surface area contributed by atoms with Crippen molar-refractivity contribution in [2.45, 2.75) is 45.2 Å². The number of piperidine rings is 2. The average Bonchev–Trinajstić information content (AvgIpc) is 3.10. The minimum Gasteiger partial charge on any atom is -0.299 e. The first kappa shape index (κ1) is 13.8. The molecule has 114 valence electrons. The predicted octanol–water partition coefficient (Wildman–Crippen LogP) is 3.38. The highest BCUT2D eigenvalue weighted by atomic mass is 15.2. The third kappa shape index (κ3) is 2.64. The number of hydrogen-bond acceptors (Lipinski definition) is 2. The lowest BCUT2D eigenvalue weighted by atomic mass is 10.00. The van der Waals surface area contributed by atoms with Crippen LogP contribution in [-0.2, 0) is 6.54 Å². The van der Waals surface area contributed by atoms with Crippen molar-refractivity contribution in [1.82, 2.24) is 9.80 Å². The standard InChI is InChI=1S/C19H28N2/c1-2-19-12-17(19)14-21(15-19)18-8-10-20(11-9-18)13-16-6-4-3-5-7-16/h3-7,17-18H,2,8-15H2,1H3. The van der Waals surface area contributed by atoms with Gasteiger partial charge in [0.25, 0.3) is 0 Å². The lowest BCUT2D eigenvalue weighted by molar-refractivity contribution is 0.108. The highest BCUT2D eigenvalue weighted by Crippen LogP contribution is 2.60. The van der Waals surface area contributed by atoms with Gasteiger partial charge in [0, 0.05) is 25.7 Å². The molecular weight excluding hydrogens is 256 g/mol. The maximum Gasteiger partial charge on any atom is 0.0233 e. The third-order valence-corrected chi connectivity index (χ3v) is 6.36. The Hall–Kier alpha value is -0.860. The number of likely N-dealkylation sites (tertiary alicyclic amines) is 2. The smallest absolute Gasteiger partial charge is 0.0233 e. The summed E-state index contributed by atoms with van der Waals surface area (Å²) in [5.74, 6) is 1.05. The minimum atomic E-state index is 0.751. The highest BCUT2D eigenvalue weighted by Gasteiger charge is 2.58. The summed E-state index contributed by atoms with van der Waals surface area (Å²) in [6, 6.07) is 11.8. The first-order valence-electron chi connectivity index (χ1n) is 8.79. The fourth-order valence-electron chi connectivity index (χ4n) is 4.74. The van der Waals surface area contributed by atoms with Gasteiger partial charge in [-0.1, -0.05) is 37.3 Å². The topological polar surface area (TPSA) is 6.48 Å². The van der Waals surface area contributed by atoms with Crippen molar-refractivity contribution in [3.8, 4) is 0 Å². The van der Waals surface area contributed by atoms with Crippen LogP contribution in [-0.4, -0.2) is 42.0 Å². The van der Waals surface area contributed by atoms with Gasteiger partial charge in [-0.3, -0.25) is 9.80 Å². The molecule has 4 rings (SSSR count). The van der Waals surface area contributed by atoms with Crippen LogP contribution in [0.2, 0.25) is 0 Å². The monoisotopic (exact) mass is 284 g/mol. The molecule has 3 aliphatic rings. The molecule has 2 nitrogen and oxygen atoms in total. The van der Waals surface area contributed by atoms with Crippen LogP contribution in [0.4, 0.5) is 0 Å². The van der Waals surface area contributed by atoms with E-state index in [-0.39, 0.29) is 0 Å². The van der Waals surface area contributed by atoms with E-state index in [0.29, 0.717) is 0 Å². The zero-order valence-electron chi connectivity index (χ0n) is 13.3. The molecule has 2 unspecified atom stereocenters. The Morgan fingerprint density at radius 2 is 1.90 bits per heavy atom. The molecule has 2 saturated heterocycles. The molecule has 2 heterocycles. The van der Waals surface area contributed by atoms with Gasteiger partial charge in [0.15, 0.2) is 0 Å². The third-order valence-electron chi connectivity index (χ3n) is 6.36. The van der Waals surface area contributed by atoms with Crippen molar-refractivity contribution < 1.29 is 0 Å². The fourth-order valence-corrected chi connectivity index (χ4v) is 4.74. The van der Waals surface area contributed by atoms with Crippen molar-refractivity contribution in [2.24, 2.45) is 11.3 Å². The summed E-state index contributed by atoms with van der Waals surface area (Å²) in [6.07, 6.45) is 5.67. The average molecular weight is 284 g/mol. The van der Waals surface area contributed by atoms with Crippen molar-refractivity contribution >= 4 is 0 Å². The number of rotatable bonds is 4. The van der Waals surface area contributed by atoms with Gasteiger partial charge in [-0.25, -0.2) is 0 Å². The number of benzene rings is 1. The summed E-state index contributed by atoms with van der Waals surface area (Å²) >= 11 is 0. The summed E-state index contributed by atoms with van der Waals surface area (Å²) in [7, 11) is 0. The van der Waals surface area contributed by atoms with Crippen molar-refractivity contribution in [2.75, 3.05) is 26.2 Å². The molecule has 0 radical (unpaired) electrons. The van der Waals surface area contributed by atoms with Gasteiger partial charge in [-0.05, 0) is 55.7 Å². The van der Waals surface area contributed by atoms with Gasteiger partial charge in [0.05, 0.1) is 0 Å². The van der Waals surface area contributed by atoms with Gasteiger partial charge < -0.3 is 0 Å². The molecule has 2 atom stereocenters. The largest absolute Gasteiger partial charge is 0.299 e. The second kappa shape index (κ2) is 5.40. The quantitative estimate of drug-likeness (QED) is 0.836. The first-order valence-corrected chi connectivity index (χ1v) is 8.79. The summed E-state index contributed by atoms with van der Waals surface area (Å²) in [5, 5.41) is 0. The van der Waals surface area contributed by atoms with Crippen LogP contribution in [0.3, 0.4) is 0 Å². The van der Waals surface area contributed by atoms with E-state index in [1.165, 1.54) is 57.4 Å². The van der Waals surface area contributed by atoms with Gasteiger partial charge >= 0.3 is 0 Å². The molecule has 2 aliphatic heterocycles. The van der Waals surface area contributed by atoms with Crippen LogP contribution < -0.4 is 0 Å². The number of nitrogens with zero attached hydrogens (tertiary/aromatic N) is 2. The molecule has 1 aliphatic carbocycles. The molecule has 1 aromatic carbocycles. The maximum absolute atomic E-state index is 2.83. The zero-order valence-corrected chi connectivity index (χ0v) is 13.3. The fraction of sp³-hybridized carbons (Fsp3) is 0.684. The number of fused-ring (bicyclic) bond motifs is 1. The van der Waals surface area contributed by atoms with E-state index in [2.05, 4.69) is 47.1 Å². The predicted molar refractivity (Wildman–Crippen MR) is 87.1 cm³/mol. The Kier molecular flexibility index (Phi) is 3.55. The van der Waals surface area contributed by atoms with Crippen LogP contribution in [0.15, 0.2) is 30.3 Å². The van der Waals surface area contributed by atoms with Crippen molar-refractivity contribution in [1.29, 1.82) is 0 Å². The number of hydrogen-bond donors (Lipinski definition) is 0. The van der Waals surface area contributed by atoms with Gasteiger partial charge in [0.1, 0.15) is 0 Å². The van der Waals surface area contributed by atoms with Crippen LogP contribution >= 0.6 is 0 Å². The summed E-state index contributed by atoms with van der Waals surface area (Å²) < 4.78 is 0. The molecule has 3 fully saturated rings. The van der Waals surface area contributed by atoms with Crippen molar-refractivity contribution in [3.05, 3.63) is 35.9 Å². The van der Waals surface area contributed by atoms with Crippen LogP contribution in [0.5, 0.6) is 0 Å². The molecule has 1 aromatic rings. The maximum atomic E-state index is 2.83. The molecule has 0 bridgehead atoms. The minimum absolute atomic E-state index is 0.751. The molecule has 1 saturated carbocycles.